The monoisotopic (exact) mass is 438 g/mol. The predicted molar refractivity (Wildman–Crippen MR) is 120 cm³/mol. The Bertz CT molecular complexity index is 1010. The van der Waals surface area contributed by atoms with E-state index in [4.69, 9.17) is 4.74 Å². The molecule has 1 unspecified atom stereocenters. The van der Waals surface area contributed by atoms with Crippen LogP contribution in [0.2, 0.25) is 0 Å². The first kappa shape index (κ1) is 21.8. The van der Waals surface area contributed by atoms with Gasteiger partial charge in [-0.2, -0.15) is 0 Å². The number of nitrogens with one attached hydrogen (secondary N) is 2. The van der Waals surface area contributed by atoms with Crippen LogP contribution in [0.5, 0.6) is 0 Å². The summed E-state index contributed by atoms with van der Waals surface area (Å²) in [4.78, 5) is 29.5. The van der Waals surface area contributed by atoms with E-state index in [0.29, 0.717) is 17.8 Å². The number of carbonyl (C=O) groups excluding carboxylic acids is 2. The third-order valence-electron chi connectivity index (χ3n) is 5.92. The summed E-state index contributed by atoms with van der Waals surface area (Å²) in [6.45, 7) is 5.43. The summed E-state index contributed by atoms with van der Waals surface area (Å²) >= 11 is 0. The molecule has 2 aromatic carbocycles. The second-order valence-electron chi connectivity index (χ2n) is 8.07. The van der Waals surface area contributed by atoms with Crippen molar-refractivity contribution in [2.45, 2.75) is 13.0 Å². The molecule has 2 aliphatic rings. The number of aryl methyl sites for hydroxylation is 1. The van der Waals surface area contributed by atoms with Crippen LogP contribution in [0.1, 0.15) is 17.2 Å². The zero-order valence-corrected chi connectivity index (χ0v) is 18.2. The number of esters is 1. The molecule has 0 spiro atoms. The van der Waals surface area contributed by atoms with E-state index < -0.39 is 12.0 Å². The zero-order chi connectivity index (χ0) is 22.7. The number of rotatable bonds is 5. The number of methoxy groups -OCH3 is 1. The fraction of sp³-hybridized carbons (Fsp3) is 0.333. The molecule has 0 aliphatic carbocycles. The average molecular weight is 439 g/mol. The van der Waals surface area contributed by atoms with E-state index >= 15 is 0 Å². The average Bonchev–Trinajstić information content (AvgIpc) is 2.80. The van der Waals surface area contributed by atoms with Crippen LogP contribution in [0.3, 0.4) is 0 Å². The number of anilines is 1. The van der Waals surface area contributed by atoms with Crippen molar-refractivity contribution in [3.8, 4) is 0 Å². The summed E-state index contributed by atoms with van der Waals surface area (Å²) in [5.74, 6) is -0.720. The minimum atomic E-state index is -0.577. The Hall–Kier alpha value is -3.39. The summed E-state index contributed by atoms with van der Waals surface area (Å²) in [5.41, 5.74) is 3.87. The minimum absolute atomic E-state index is 0.251. The van der Waals surface area contributed by atoms with Gasteiger partial charge in [-0.1, -0.05) is 29.8 Å². The number of urea groups is 1. The van der Waals surface area contributed by atoms with Crippen LogP contribution < -0.4 is 15.5 Å². The first-order valence-corrected chi connectivity index (χ1v) is 10.6. The molecule has 8 heteroatoms. The molecule has 2 N–H and O–H groups in total. The molecule has 168 valence electrons. The van der Waals surface area contributed by atoms with Crippen LogP contribution in [0, 0.1) is 12.7 Å². The van der Waals surface area contributed by atoms with Crippen molar-refractivity contribution in [3.63, 3.8) is 0 Å². The largest absolute Gasteiger partial charge is 0.466 e. The molecular formula is C24H27FN4O3. The highest BCUT2D eigenvalue weighted by Gasteiger charge is 2.34. The lowest BCUT2D eigenvalue weighted by Gasteiger charge is -2.38. The molecule has 4 rings (SSSR count). The molecule has 0 saturated carbocycles. The van der Waals surface area contributed by atoms with Gasteiger partial charge in [0.15, 0.2) is 0 Å². The molecule has 1 atom stereocenters. The standard InChI is InChI=1S/C24H27FN4O3/c1-16-3-5-17(6-4-16)22-21(23(30)32-2)20(26-24(31)27-22)15-28-11-13-29(14-12-28)19-9-7-18(25)8-10-19/h3-10,22H,11-15H2,1-2H3,(H2,26,27,31). The summed E-state index contributed by atoms with van der Waals surface area (Å²) < 4.78 is 18.3. The lowest BCUT2D eigenvalue weighted by atomic mass is 9.94. The van der Waals surface area contributed by atoms with Crippen LogP contribution in [-0.4, -0.2) is 56.7 Å². The number of hydrogen-bond donors (Lipinski definition) is 2. The van der Waals surface area contributed by atoms with E-state index in [1.54, 1.807) is 12.1 Å². The van der Waals surface area contributed by atoms with Gasteiger partial charge in [0.1, 0.15) is 5.82 Å². The number of amides is 2. The maximum Gasteiger partial charge on any atom is 0.338 e. The van der Waals surface area contributed by atoms with E-state index in [1.807, 2.05) is 31.2 Å². The predicted octanol–water partition coefficient (Wildman–Crippen LogP) is 2.74. The van der Waals surface area contributed by atoms with Gasteiger partial charge in [-0.3, -0.25) is 4.90 Å². The Morgan fingerprint density at radius 3 is 2.34 bits per heavy atom. The Kier molecular flexibility index (Phi) is 6.41. The third-order valence-corrected chi connectivity index (χ3v) is 5.92. The highest BCUT2D eigenvalue weighted by atomic mass is 19.1. The highest BCUT2D eigenvalue weighted by Crippen LogP contribution is 2.28. The number of benzene rings is 2. The molecule has 2 heterocycles. The lowest BCUT2D eigenvalue weighted by molar-refractivity contribution is -0.136. The highest BCUT2D eigenvalue weighted by molar-refractivity contribution is 5.95. The molecular weight excluding hydrogens is 411 g/mol. The van der Waals surface area contributed by atoms with Crippen LogP contribution in [-0.2, 0) is 9.53 Å². The van der Waals surface area contributed by atoms with E-state index in [0.717, 1.165) is 43.0 Å². The summed E-state index contributed by atoms with van der Waals surface area (Å²) in [6, 6.07) is 13.3. The van der Waals surface area contributed by atoms with Gasteiger partial charge in [-0.05, 0) is 36.8 Å². The molecule has 7 nitrogen and oxygen atoms in total. The third kappa shape index (κ3) is 4.75. The van der Waals surface area contributed by atoms with Crippen molar-refractivity contribution in [1.82, 2.24) is 15.5 Å². The fourth-order valence-electron chi connectivity index (χ4n) is 4.14. The normalized spacial score (nSPS) is 19.4. The van der Waals surface area contributed by atoms with Crippen molar-refractivity contribution in [2.75, 3.05) is 44.7 Å². The SMILES string of the molecule is COC(=O)C1=C(CN2CCN(c3ccc(F)cc3)CC2)NC(=O)NC1c1ccc(C)cc1. The fourth-order valence-corrected chi connectivity index (χ4v) is 4.14. The van der Waals surface area contributed by atoms with Gasteiger partial charge < -0.3 is 20.3 Å². The molecule has 0 radical (unpaired) electrons. The Morgan fingerprint density at radius 1 is 1.06 bits per heavy atom. The Balaban J connectivity index is 1.53. The Morgan fingerprint density at radius 2 is 1.72 bits per heavy atom. The number of piperazine rings is 1. The van der Waals surface area contributed by atoms with Gasteiger partial charge in [0.2, 0.25) is 0 Å². The van der Waals surface area contributed by atoms with Gasteiger partial charge >= 0.3 is 12.0 Å². The maximum absolute atomic E-state index is 13.2. The zero-order valence-electron chi connectivity index (χ0n) is 18.2. The van der Waals surface area contributed by atoms with E-state index in [9.17, 15) is 14.0 Å². The van der Waals surface area contributed by atoms with Crippen LogP contribution in [0.4, 0.5) is 14.9 Å². The number of ether oxygens (including phenoxy) is 1. The maximum atomic E-state index is 13.2. The molecule has 2 aliphatic heterocycles. The van der Waals surface area contributed by atoms with Crippen molar-refractivity contribution in [1.29, 1.82) is 0 Å². The summed E-state index contributed by atoms with van der Waals surface area (Å²) in [6.07, 6.45) is 0. The quantitative estimate of drug-likeness (QED) is 0.703. The number of nitrogens with zero attached hydrogens (tertiary/aromatic N) is 2. The topological polar surface area (TPSA) is 73.9 Å². The van der Waals surface area contributed by atoms with Gasteiger partial charge in [0.25, 0.3) is 0 Å². The van der Waals surface area contributed by atoms with Crippen molar-refractivity contribution < 1.29 is 18.7 Å². The first-order chi connectivity index (χ1) is 15.4. The number of halogens is 1. The minimum Gasteiger partial charge on any atom is -0.466 e. The van der Waals surface area contributed by atoms with Gasteiger partial charge in [-0.25, -0.2) is 14.0 Å². The smallest absolute Gasteiger partial charge is 0.338 e. The van der Waals surface area contributed by atoms with E-state index in [-0.39, 0.29) is 11.8 Å². The Labute approximate surface area is 186 Å². The molecule has 32 heavy (non-hydrogen) atoms. The van der Waals surface area contributed by atoms with Gasteiger partial charge in [-0.15, -0.1) is 0 Å². The first-order valence-electron chi connectivity index (χ1n) is 10.6. The molecule has 0 aromatic heterocycles. The lowest BCUT2D eigenvalue weighted by Crippen LogP contribution is -2.51. The van der Waals surface area contributed by atoms with Crippen molar-refractivity contribution in [2.24, 2.45) is 0 Å². The number of hydrogen-bond acceptors (Lipinski definition) is 5. The van der Waals surface area contributed by atoms with E-state index in [2.05, 4.69) is 20.4 Å². The van der Waals surface area contributed by atoms with Crippen LogP contribution in [0.15, 0.2) is 59.8 Å². The van der Waals surface area contributed by atoms with Crippen LogP contribution >= 0.6 is 0 Å². The van der Waals surface area contributed by atoms with Crippen LogP contribution in [0.25, 0.3) is 0 Å². The molecule has 0 bridgehead atoms. The van der Waals surface area contributed by atoms with Crippen molar-refractivity contribution in [3.05, 3.63) is 76.7 Å². The van der Waals surface area contributed by atoms with Gasteiger partial charge in [0, 0.05) is 44.1 Å². The molecule has 2 amide bonds. The molecule has 2 aromatic rings. The molecule has 1 saturated heterocycles. The van der Waals surface area contributed by atoms with Crippen molar-refractivity contribution >= 4 is 17.7 Å². The number of carbonyl (C=O) groups is 2. The summed E-state index contributed by atoms with van der Waals surface area (Å²) in [5, 5.41) is 5.67. The second-order valence-corrected chi connectivity index (χ2v) is 8.07. The van der Waals surface area contributed by atoms with Gasteiger partial charge in [0.05, 0.1) is 18.7 Å². The summed E-state index contributed by atoms with van der Waals surface area (Å²) in [7, 11) is 1.34. The van der Waals surface area contributed by atoms with E-state index in [1.165, 1.54) is 19.2 Å². The molecule has 1 fully saturated rings. The second kappa shape index (κ2) is 9.40.